The van der Waals surface area contributed by atoms with Gasteiger partial charge in [0.25, 0.3) is 5.91 Å². The SMILES string of the molecule is CS(=O)C(C)(CCCCCc1ccc(-c2ccc(Br)s2)cc1)C(=O)NO. The zero-order valence-electron chi connectivity index (χ0n) is 15.0. The number of carbonyl (C=O) groups excluding carboxylic acids is 1. The molecule has 0 bridgehead atoms. The van der Waals surface area contributed by atoms with Crippen LogP contribution in [-0.4, -0.2) is 26.3 Å². The Morgan fingerprint density at radius 1 is 1.19 bits per heavy atom. The molecule has 2 aromatic rings. The second kappa shape index (κ2) is 9.78. The smallest absolute Gasteiger partial charge is 0.261 e. The van der Waals surface area contributed by atoms with Crippen LogP contribution < -0.4 is 5.48 Å². The summed E-state index contributed by atoms with van der Waals surface area (Å²) in [4.78, 5) is 13.0. The third kappa shape index (κ3) is 5.49. The van der Waals surface area contributed by atoms with Crippen molar-refractivity contribution in [1.82, 2.24) is 5.48 Å². The number of amides is 1. The molecule has 0 aliphatic rings. The van der Waals surface area contributed by atoms with Crippen molar-refractivity contribution in [2.75, 3.05) is 6.26 Å². The fraction of sp³-hybridized carbons (Fsp3) is 0.421. The van der Waals surface area contributed by atoms with Crippen molar-refractivity contribution in [3.05, 3.63) is 45.7 Å². The van der Waals surface area contributed by atoms with E-state index in [1.54, 1.807) is 23.7 Å². The highest BCUT2D eigenvalue weighted by Crippen LogP contribution is 2.31. The Bertz CT molecular complexity index is 760. The first kappa shape index (κ1) is 21.3. The van der Waals surface area contributed by atoms with E-state index in [0.29, 0.717) is 6.42 Å². The number of halogens is 1. The topological polar surface area (TPSA) is 66.4 Å². The second-order valence-electron chi connectivity index (χ2n) is 6.49. The largest absolute Gasteiger partial charge is 0.289 e. The number of hydrogen-bond acceptors (Lipinski definition) is 4. The molecule has 0 saturated carbocycles. The molecule has 142 valence electrons. The summed E-state index contributed by atoms with van der Waals surface area (Å²) in [5.74, 6) is -0.575. The first-order valence-electron chi connectivity index (χ1n) is 8.49. The van der Waals surface area contributed by atoms with Gasteiger partial charge in [-0.25, -0.2) is 5.48 Å². The fourth-order valence-electron chi connectivity index (χ4n) is 2.78. The van der Waals surface area contributed by atoms with Crippen molar-refractivity contribution >= 4 is 44.0 Å². The average Bonchev–Trinajstić information content (AvgIpc) is 3.07. The third-order valence-corrected chi connectivity index (χ3v) is 7.98. The summed E-state index contributed by atoms with van der Waals surface area (Å²) in [6, 6.07) is 12.8. The molecule has 0 fully saturated rings. The molecular formula is C19H24BrNO3S2. The summed E-state index contributed by atoms with van der Waals surface area (Å²) < 4.78 is 11.9. The van der Waals surface area contributed by atoms with Crippen LogP contribution in [-0.2, 0) is 22.0 Å². The molecule has 0 radical (unpaired) electrons. The van der Waals surface area contributed by atoms with E-state index in [1.807, 2.05) is 0 Å². The number of unbranched alkanes of at least 4 members (excludes halogenated alkanes) is 2. The first-order valence-corrected chi connectivity index (χ1v) is 11.7. The minimum absolute atomic E-state index is 0.495. The molecule has 2 unspecified atom stereocenters. The summed E-state index contributed by atoms with van der Waals surface area (Å²) in [5, 5.41) is 8.84. The number of thiophene rings is 1. The van der Waals surface area contributed by atoms with E-state index >= 15 is 0 Å². The Balaban J connectivity index is 1.79. The Morgan fingerprint density at radius 2 is 1.88 bits per heavy atom. The van der Waals surface area contributed by atoms with Crippen LogP contribution in [0.1, 0.15) is 38.2 Å². The molecule has 4 nitrogen and oxygen atoms in total. The van der Waals surface area contributed by atoms with Gasteiger partial charge in [-0.05, 0) is 65.4 Å². The predicted molar refractivity (Wildman–Crippen MR) is 112 cm³/mol. The maximum Gasteiger partial charge on any atom is 0.261 e. The Hall–Kier alpha value is -1.02. The van der Waals surface area contributed by atoms with Gasteiger partial charge in [0.15, 0.2) is 0 Å². The van der Waals surface area contributed by atoms with Crippen LogP contribution in [0.2, 0.25) is 0 Å². The summed E-state index contributed by atoms with van der Waals surface area (Å²) in [7, 11) is -1.33. The summed E-state index contributed by atoms with van der Waals surface area (Å²) in [5.41, 5.74) is 4.15. The quantitative estimate of drug-likeness (QED) is 0.318. The average molecular weight is 458 g/mol. The van der Waals surface area contributed by atoms with Crippen molar-refractivity contribution < 1.29 is 14.2 Å². The normalized spacial score (nSPS) is 14.6. The summed E-state index contributed by atoms with van der Waals surface area (Å²) in [6.07, 6.45) is 5.73. The van der Waals surface area contributed by atoms with E-state index in [1.165, 1.54) is 22.3 Å². The van der Waals surface area contributed by atoms with Gasteiger partial charge >= 0.3 is 0 Å². The molecule has 2 atom stereocenters. The van der Waals surface area contributed by atoms with E-state index in [0.717, 1.165) is 29.5 Å². The molecule has 26 heavy (non-hydrogen) atoms. The number of aryl methyl sites for hydroxylation is 1. The Labute approximate surface area is 169 Å². The number of hydroxylamine groups is 1. The van der Waals surface area contributed by atoms with Crippen LogP contribution in [0.15, 0.2) is 40.2 Å². The lowest BCUT2D eigenvalue weighted by molar-refractivity contribution is -0.131. The van der Waals surface area contributed by atoms with Crippen LogP contribution in [0, 0.1) is 0 Å². The number of nitrogens with one attached hydrogen (secondary N) is 1. The number of benzene rings is 1. The molecule has 2 N–H and O–H groups in total. The van der Waals surface area contributed by atoms with Crippen molar-refractivity contribution in [2.24, 2.45) is 0 Å². The van der Waals surface area contributed by atoms with Crippen LogP contribution in [0.5, 0.6) is 0 Å². The van der Waals surface area contributed by atoms with Gasteiger partial charge in [-0.2, -0.15) is 0 Å². The van der Waals surface area contributed by atoms with Crippen molar-refractivity contribution in [2.45, 2.75) is 43.8 Å². The minimum atomic E-state index is -1.33. The van der Waals surface area contributed by atoms with Gasteiger partial charge in [-0.15, -0.1) is 11.3 Å². The number of hydrogen-bond donors (Lipinski definition) is 2. The van der Waals surface area contributed by atoms with Crippen LogP contribution in [0.3, 0.4) is 0 Å². The molecule has 2 rings (SSSR count). The molecule has 0 spiro atoms. The van der Waals surface area contributed by atoms with Gasteiger partial charge in [0.1, 0.15) is 4.75 Å². The van der Waals surface area contributed by atoms with E-state index in [4.69, 9.17) is 5.21 Å². The predicted octanol–water partition coefficient (Wildman–Crippen LogP) is 4.92. The van der Waals surface area contributed by atoms with Crippen LogP contribution in [0.4, 0.5) is 0 Å². The standard InChI is InChI=1S/C19H24BrNO3S2/c1-19(26(2)24,18(22)21-23)13-5-3-4-6-14-7-9-15(10-8-14)16-11-12-17(20)25-16/h7-12,23H,3-6,13H2,1-2H3,(H,21,22). The van der Waals surface area contributed by atoms with Gasteiger partial charge in [-0.3, -0.25) is 14.2 Å². The summed E-state index contributed by atoms with van der Waals surface area (Å²) >= 11 is 5.21. The molecular weight excluding hydrogens is 434 g/mol. The lowest BCUT2D eigenvalue weighted by Gasteiger charge is -2.24. The number of carbonyl (C=O) groups is 1. The molecule has 1 aromatic carbocycles. The molecule has 7 heteroatoms. The maximum atomic E-state index is 11.8. The Kier molecular flexibility index (Phi) is 8.01. The zero-order valence-corrected chi connectivity index (χ0v) is 18.2. The van der Waals surface area contributed by atoms with Gasteiger partial charge in [0.05, 0.1) is 3.79 Å². The van der Waals surface area contributed by atoms with Gasteiger partial charge in [0.2, 0.25) is 0 Å². The first-order chi connectivity index (χ1) is 12.4. The highest BCUT2D eigenvalue weighted by atomic mass is 79.9. The lowest BCUT2D eigenvalue weighted by Crippen LogP contribution is -2.46. The fourth-order valence-corrected chi connectivity index (χ4v) is 4.91. The van der Waals surface area contributed by atoms with Crippen molar-refractivity contribution in [3.8, 4) is 10.4 Å². The minimum Gasteiger partial charge on any atom is -0.289 e. The molecule has 1 heterocycles. The summed E-state index contributed by atoms with van der Waals surface area (Å²) in [6.45, 7) is 1.64. The van der Waals surface area contributed by atoms with Crippen LogP contribution in [0.25, 0.3) is 10.4 Å². The van der Waals surface area contributed by atoms with Crippen LogP contribution >= 0.6 is 27.3 Å². The maximum absolute atomic E-state index is 11.8. The monoisotopic (exact) mass is 457 g/mol. The van der Waals surface area contributed by atoms with Gasteiger partial charge in [-0.1, -0.05) is 37.1 Å². The zero-order chi connectivity index (χ0) is 19.2. The Morgan fingerprint density at radius 3 is 2.42 bits per heavy atom. The van der Waals surface area contributed by atoms with Crippen molar-refractivity contribution in [1.29, 1.82) is 0 Å². The molecule has 0 aliphatic carbocycles. The van der Waals surface area contributed by atoms with Gasteiger partial charge in [0, 0.05) is 21.9 Å². The van der Waals surface area contributed by atoms with Gasteiger partial charge < -0.3 is 0 Å². The molecule has 0 saturated heterocycles. The number of rotatable bonds is 9. The van der Waals surface area contributed by atoms with E-state index in [-0.39, 0.29) is 0 Å². The highest BCUT2D eigenvalue weighted by molar-refractivity contribution is 9.11. The third-order valence-electron chi connectivity index (χ3n) is 4.65. The highest BCUT2D eigenvalue weighted by Gasteiger charge is 2.36. The van der Waals surface area contributed by atoms with E-state index in [2.05, 4.69) is 52.3 Å². The lowest BCUT2D eigenvalue weighted by atomic mass is 9.99. The second-order valence-corrected chi connectivity index (χ2v) is 10.8. The molecule has 1 amide bonds. The van der Waals surface area contributed by atoms with Crippen molar-refractivity contribution in [3.63, 3.8) is 0 Å². The molecule has 0 aliphatic heterocycles. The molecule has 1 aromatic heterocycles. The van der Waals surface area contributed by atoms with E-state index in [9.17, 15) is 9.00 Å². The van der Waals surface area contributed by atoms with E-state index < -0.39 is 21.5 Å².